The Hall–Kier alpha value is -3.20. The van der Waals surface area contributed by atoms with Gasteiger partial charge in [-0.15, -0.1) is 10.2 Å². The Morgan fingerprint density at radius 1 is 0.943 bits per heavy atom. The highest BCUT2D eigenvalue weighted by Gasteiger charge is 2.30. The molecule has 0 spiro atoms. The summed E-state index contributed by atoms with van der Waals surface area (Å²) in [7, 11) is 0. The smallest absolute Gasteiger partial charge is 0.416 e. The fourth-order valence-electron chi connectivity index (χ4n) is 3.51. The van der Waals surface area contributed by atoms with E-state index in [9.17, 15) is 13.2 Å². The number of halogens is 3. The van der Waals surface area contributed by atoms with E-state index in [1.165, 1.54) is 17.2 Å². The van der Waals surface area contributed by atoms with E-state index in [0.717, 1.165) is 17.9 Å². The largest absolute Gasteiger partial charge is 0.467 e. The Bertz CT molecular complexity index is 1240. The first-order valence-electron chi connectivity index (χ1n) is 11.2. The summed E-state index contributed by atoms with van der Waals surface area (Å²) in [6.07, 6.45) is -2.80. The molecule has 4 rings (SSSR count). The normalized spacial score (nSPS) is 12.2. The molecule has 0 aliphatic carbocycles. The Balaban J connectivity index is 1.50. The van der Waals surface area contributed by atoms with Crippen LogP contribution in [0.25, 0.3) is 0 Å². The summed E-state index contributed by atoms with van der Waals surface area (Å²) in [6.45, 7) is 7.19. The van der Waals surface area contributed by atoms with Crippen molar-refractivity contribution in [3.63, 3.8) is 0 Å². The molecule has 0 aliphatic rings. The number of thioether (sulfide) groups is 1. The van der Waals surface area contributed by atoms with Crippen LogP contribution in [0.3, 0.4) is 0 Å². The molecule has 0 fully saturated rings. The minimum Gasteiger partial charge on any atom is -0.467 e. The van der Waals surface area contributed by atoms with Gasteiger partial charge < -0.3 is 9.73 Å². The van der Waals surface area contributed by atoms with E-state index in [2.05, 4.69) is 60.6 Å². The van der Waals surface area contributed by atoms with Crippen molar-refractivity contribution >= 4 is 17.4 Å². The van der Waals surface area contributed by atoms with Crippen molar-refractivity contribution in [2.75, 3.05) is 5.32 Å². The van der Waals surface area contributed by atoms with Crippen LogP contribution in [-0.2, 0) is 30.4 Å². The van der Waals surface area contributed by atoms with Crippen molar-refractivity contribution in [1.82, 2.24) is 14.8 Å². The molecular formula is C26H27F3N4OS. The molecule has 1 N–H and O–H groups in total. The molecule has 4 aromatic rings. The monoisotopic (exact) mass is 500 g/mol. The average Bonchev–Trinajstić information content (AvgIpc) is 3.46. The number of hydrogen-bond donors (Lipinski definition) is 1. The summed E-state index contributed by atoms with van der Waals surface area (Å²) in [5.74, 6) is 2.05. The summed E-state index contributed by atoms with van der Waals surface area (Å²) >= 11 is 1.55. The molecule has 0 aliphatic heterocycles. The van der Waals surface area contributed by atoms with Crippen LogP contribution < -0.4 is 5.32 Å². The zero-order valence-corrected chi connectivity index (χ0v) is 20.6. The number of aromatic nitrogens is 3. The van der Waals surface area contributed by atoms with Gasteiger partial charge in [0.05, 0.1) is 24.9 Å². The molecule has 2 aromatic heterocycles. The number of rotatable bonds is 8. The fourth-order valence-corrected chi connectivity index (χ4v) is 4.42. The van der Waals surface area contributed by atoms with E-state index >= 15 is 0 Å². The van der Waals surface area contributed by atoms with E-state index in [1.807, 2.05) is 16.7 Å². The molecule has 0 atom stereocenters. The lowest BCUT2D eigenvalue weighted by Crippen LogP contribution is -2.11. The highest BCUT2D eigenvalue weighted by atomic mass is 32.2. The van der Waals surface area contributed by atoms with Gasteiger partial charge in [-0.3, -0.25) is 4.57 Å². The van der Waals surface area contributed by atoms with E-state index < -0.39 is 11.7 Å². The third-order valence-electron chi connectivity index (χ3n) is 5.52. The summed E-state index contributed by atoms with van der Waals surface area (Å²) in [5, 5.41) is 12.4. The van der Waals surface area contributed by atoms with E-state index in [1.54, 1.807) is 24.1 Å². The maximum atomic E-state index is 13.0. The maximum absolute atomic E-state index is 13.0. The highest BCUT2D eigenvalue weighted by Crippen LogP contribution is 2.31. The van der Waals surface area contributed by atoms with Crippen LogP contribution in [0.15, 0.2) is 76.5 Å². The minimum absolute atomic E-state index is 0.0937. The predicted molar refractivity (Wildman–Crippen MR) is 131 cm³/mol. The standard InChI is InChI=1S/C26H27F3N4OS/c1-25(2,3)19-11-9-18(10-12-19)17-35-24-32-31-23(33(24)16-22-8-5-13-34-22)15-30-21-7-4-6-20(14-21)26(27,28)29/h4-14,30H,15-17H2,1-3H3. The molecule has 0 amide bonds. The predicted octanol–water partition coefficient (Wildman–Crippen LogP) is 7.14. The molecule has 2 aromatic carbocycles. The minimum atomic E-state index is -4.40. The lowest BCUT2D eigenvalue weighted by molar-refractivity contribution is -0.137. The zero-order chi connectivity index (χ0) is 25.1. The van der Waals surface area contributed by atoms with E-state index in [0.29, 0.717) is 29.0 Å². The molecule has 0 saturated heterocycles. The Morgan fingerprint density at radius 2 is 1.71 bits per heavy atom. The maximum Gasteiger partial charge on any atom is 0.416 e. The van der Waals surface area contributed by atoms with Crippen LogP contribution in [0.1, 0.15) is 49.0 Å². The van der Waals surface area contributed by atoms with Crippen LogP contribution in [0.5, 0.6) is 0 Å². The van der Waals surface area contributed by atoms with Crippen LogP contribution in [0.4, 0.5) is 18.9 Å². The molecule has 9 heteroatoms. The molecule has 35 heavy (non-hydrogen) atoms. The second-order valence-corrected chi connectivity index (χ2v) is 10.2. The van der Waals surface area contributed by atoms with Gasteiger partial charge in [0.2, 0.25) is 0 Å². The third-order valence-corrected chi connectivity index (χ3v) is 6.55. The van der Waals surface area contributed by atoms with Gasteiger partial charge in [-0.1, -0.05) is 62.9 Å². The lowest BCUT2D eigenvalue weighted by atomic mass is 9.87. The SMILES string of the molecule is CC(C)(C)c1ccc(CSc2nnc(CNc3cccc(C(F)(F)F)c3)n2Cc2ccco2)cc1. The average molecular weight is 501 g/mol. The lowest BCUT2D eigenvalue weighted by Gasteiger charge is -2.19. The quantitative estimate of drug-likeness (QED) is 0.261. The molecule has 184 valence electrons. The van der Waals surface area contributed by atoms with Crippen molar-refractivity contribution in [1.29, 1.82) is 0 Å². The molecular weight excluding hydrogens is 473 g/mol. The van der Waals surface area contributed by atoms with Crippen LogP contribution in [0, 0.1) is 0 Å². The van der Waals surface area contributed by atoms with Gasteiger partial charge in [-0.05, 0) is 46.9 Å². The molecule has 0 saturated carbocycles. The number of hydrogen-bond acceptors (Lipinski definition) is 5. The number of alkyl halides is 3. The Morgan fingerprint density at radius 3 is 2.37 bits per heavy atom. The first-order valence-corrected chi connectivity index (χ1v) is 12.2. The first-order chi connectivity index (χ1) is 16.6. The van der Waals surface area contributed by atoms with E-state index in [4.69, 9.17) is 4.42 Å². The molecule has 0 radical (unpaired) electrons. The van der Waals surface area contributed by atoms with Crippen LogP contribution >= 0.6 is 11.8 Å². The second kappa shape index (κ2) is 10.2. The number of furan rings is 1. The van der Waals surface area contributed by atoms with Crippen molar-refractivity contribution in [3.8, 4) is 0 Å². The number of nitrogens with zero attached hydrogens (tertiary/aromatic N) is 3. The van der Waals surface area contributed by atoms with Crippen molar-refractivity contribution in [3.05, 3.63) is 95.2 Å². The summed E-state index contributed by atoms with van der Waals surface area (Å²) < 4.78 is 46.6. The molecule has 0 unspecified atom stereocenters. The van der Waals surface area contributed by atoms with Gasteiger partial charge in [-0.2, -0.15) is 13.2 Å². The highest BCUT2D eigenvalue weighted by molar-refractivity contribution is 7.98. The van der Waals surface area contributed by atoms with Gasteiger partial charge in [0.15, 0.2) is 11.0 Å². The van der Waals surface area contributed by atoms with Crippen molar-refractivity contribution in [2.24, 2.45) is 0 Å². The molecule has 5 nitrogen and oxygen atoms in total. The van der Waals surface area contributed by atoms with Gasteiger partial charge >= 0.3 is 6.18 Å². The zero-order valence-electron chi connectivity index (χ0n) is 19.8. The Kier molecular flexibility index (Phi) is 7.25. The third kappa shape index (κ3) is 6.48. The van der Waals surface area contributed by atoms with Gasteiger partial charge in [0.25, 0.3) is 0 Å². The van der Waals surface area contributed by atoms with Crippen LogP contribution in [0.2, 0.25) is 0 Å². The summed E-state index contributed by atoms with van der Waals surface area (Å²) in [4.78, 5) is 0. The Labute approximate surface area is 206 Å². The first kappa shape index (κ1) is 24.9. The van der Waals surface area contributed by atoms with Gasteiger partial charge in [0, 0.05) is 11.4 Å². The van der Waals surface area contributed by atoms with Gasteiger partial charge in [0.1, 0.15) is 5.76 Å². The molecule has 2 heterocycles. The topological polar surface area (TPSA) is 55.9 Å². The number of anilines is 1. The number of benzene rings is 2. The second-order valence-electron chi connectivity index (χ2n) is 9.23. The fraction of sp³-hybridized carbons (Fsp3) is 0.308. The van der Waals surface area contributed by atoms with Gasteiger partial charge in [-0.25, -0.2) is 0 Å². The summed E-state index contributed by atoms with van der Waals surface area (Å²) in [5.41, 5.74) is 2.19. The van der Waals surface area contributed by atoms with E-state index in [-0.39, 0.29) is 12.0 Å². The summed E-state index contributed by atoms with van der Waals surface area (Å²) in [6, 6.07) is 17.3. The molecule has 0 bridgehead atoms. The van der Waals surface area contributed by atoms with Crippen molar-refractivity contribution < 1.29 is 17.6 Å². The number of nitrogens with one attached hydrogen (secondary N) is 1. The van der Waals surface area contributed by atoms with Crippen molar-refractivity contribution in [2.45, 2.75) is 56.4 Å². The van der Waals surface area contributed by atoms with Crippen LogP contribution in [-0.4, -0.2) is 14.8 Å².